The topological polar surface area (TPSA) is 101 Å². The second-order valence-electron chi connectivity index (χ2n) is 11.6. The lowest BCUT2D eigenvalue weighted by atomic mass is 9.97. The Hall–Kier alpha value is -4.26. The Balaban J connectivity index is 1.46. The number of aryl methyl sites for hydroxylation is 1. The van der Waals surface area contributed by atoms with Crippen molar-refractivity contribution in [3.05, 3.63) is 97.3 Å². The van der Waals surface area contributed by atoms with Crippen LogP contribution in [-0.2, 0) is 25.6 Å². The number of carbonyl (C=O) groups excluding carboxylic acids is 1. The number of fused-ring (bicyclic) bond motifs is 3. The fourth-order valence-corrected chi connectivity index (χ4v) is 6.24. The third-order valence-corrected chi connectivity index (χ3v) is 8.54. The molecule has 1 aliphatic rings. The van der Waals surface area contributed by atoms with E-state index in [9.17, 15) is 22.8 Å². The number of rotatable bonds is 5. The quantitative estimate of drug-likeness (QED) is 0.243. The average molecular weight is 669 g/mol. The van der Waals surface area contributed by atoms with Gasteiger partial charge in [-0.2, -0.15) is 18.3 Å². The molecule has 1 amide bonds. The van der Waals surface area contributed by atoms with Gasteiger partial charge in [0.25, 0.3) is 11.5 Å². The molecule has 0 spiro atoms. The number of nitrogens with one attached hydrogen (secondary N) is 1. The maximum atomic E-state index is 14.3. The van der Waals surface area contributed by atoms with Gasteiger partial charge in [0, 0.05) is 32.8 Å². The van der Waals surface area contributed by atoms with Crippen LogP contribution in [0.5, 0.6) is 0 Å². The fourth-order valence-electron chi connectivity index (χ4n) is 5.77. The van der Waals surface area contributed by atoms with Crippen LogP contribution in [0, 0.1) is 12.8 Å². The zero-order chi connectivity index (χ0) is 31.5. The van der Waals surface area contributed by atoms with Gasteiger partial charge in [0.15, 0.2) is 5.82 Å². The van der Waals surface area contributed by atoms with Gasteiger partial charge in [0.1, 0.15) is 11.5 Å². The van der Waals surface area contributed by atoms with Crippen LogP contribution in [0.3, 0.4) is 0 Å². The summed E-state index contributed by atoms with van der Waals surface area (Å²) in [5, 5.41) is 12.8. The third-order valence-electron chi connectivity index (χ3n) is 7.85. The van der Waals surface area contributed by atoms with Gasteiger partial charge in [0.05, 0.1) is 29.7 Å². The van der Waals surface area contributed by atoms with E-state index in [-0.39, 0.29) is 34.5 Å². The highest BCUT2D eigenvalue weighted by Crippen LogP contribution is 2.36. The van der Waals surface area contributed by atoms with E-state index < -0.39 is 23.7 Å². The Morgan fingerprint density at radius 1 is 1.14 bits per heavy atom. The summed E-state index contributed by atoms with van der Waals surface area (Å²) in [6.45, 7) is 7.78. The van der Waals surface area contributed by atoms with Crippen molar-refractivity contribution in [3.63, 3.8) is 0 Å². The summed E-state index contributed by atoms with van der Waals surface area (Å²) >= 11 is 2.94. The Morgan fingerprint density at radius 3 is 2.50 bits per heavy atom. The van der Waals surface area contributed by atoms with Crippen LogP contribution in [0.4, 0.5) is 13.2 Å². The van der Waals surface area contributed by atoms with Gasteiger partial charge in [-0.25, -0.2) is 4.52 Å². The monoisotopic (exact) mass is 667 g/mol. The van der Waals surface area contributed by atoms with Crippen LogP contribution in [0.1, 0.15) is 59.3 Å². The predicted molar refractivity (Wildman–Crippen MR) is 162 cm³/mol. The van der Waals surface area contributed by atoms with Crippen LogP contribution in [-0.4, -0.2) is 46.2 Å². The number of hydrogen-bond donors (Lipinski definition) is 1. The van der Waals surface area contributed by atoms with E-state index in [1.165, 1.54) is 17.0 Å². The average Bonchev–Trinajstić information content (AvgIpc) is 3.59. The molecule has 6 rings (SSSR count). The molecule has 5 aromatic rings. The van der Waals surface area contributed by atoms with Crippen molar-refractivity contribution in [3.8, 4) is 17.1 Å². The molecule has 0 saturated carbocycles. The maximum absolute atomic E-state index is 14.3. The number of amides is 1. The van der Waals surface area contributed by atoms with Gasteiger partial charge in [-0.1, -0.05) is 29.8 Å². The SMILES string of the molecule is Cc1nnc(-c2ccc(-n3c(=O)c4c(n5ncc(CC(C)C)c35)CN(C(=O)c3ccc(Br)c(C(F)(F)F)c3)[C@@H](C)C4)cc2)[nH]1. The minimum Gasteiger partial charge on any atom is -0.330 e. The van der Waals surface area contributed by atoms with E-state index in [4.69, 9.17) is 0 Å². The molecule has 0 aliphatic carbocycles. The largest absolute Gasteiger partial charge is 0.417 e. The molecule has 0 unspecified atom stereocenters. The second-order valence-corrected chi connectivity index (χ2v) is 12.4. The molecule has 1 N–H and O–H groups in total. The van der Waals surface area contributed by atoms with Crippen LogP contribution in [0.25, 0.3) is 22.7 Å². The lowest BCUT2D eigenvalue weighted by molar-refractivity contribution is -0.138. The van der Waals surface area contributed by atoms with Gasteiger partial charge >= 0.3 is 6.18 Å². The van der Waals surface area contributed by atoms with Crippen molar-refractivity contribution in [2.45, 2.75) is 59.3 Å². The summed E-state index contributed by atoms with van der Waals surface area (Å²) in [4.78, 5) is 32.5. The molecule has 3 aromatic heterocycles. The summed E-state index contributed by atoms with van der Waals surface area (Å²) in [6.07, 6.45) is -2.01. The van der Waals surface area contributed by atoms with Crippen molar-refractivity contribution in [2.75, 3.05) is 0 Å². The number of carbonyl (C=O) groups is 1. The van der Waals surface area contributed by atoms with Crippen molar-refractivity contribution in [1.29, 1.82) is 0 Å². The molecule has 1 aliphatic heterocycles. The van der Waals surface area contributed by atoms with Gasteiger partial charge in [-0.3, -0.25) is 14.2 Å². The van der Waals surface area contributed by atoms with Crippen molar-refractivity contribution in [1.82, 2.24) is 34.3 Å². The van der Waals surface area contributed by atoms with Crippen LogP contribution in [0.15, 0.2) is 57.9 Å². The minimum atomic E-state index is -4.62. The number of benzene rings is 2. The highest BCUT2D eigenvalue weighted by Gasteiger charge is 2.36. The van der Waals surface area contributed by atoms with Gasteiger partial charge in [-0.05, 0) is 75.1 Å². The molecule has 44 heavy (non-hydrogen) atoms. The number of aromatic nitrogens is 6. The Morgan fingerprint density at radius 2 is 1.86 bits per heavy atom. The summed E-state index contributed by atoms with van der Waals surface area (Å²) in [6, 6.07) is 10.4. The van der Waals surface area contributed by atoms with Gasteiger partial charge in [0.2, 0.25) is 0 Å². The van der Waals surface area contributed by atoms with Crippen LogP contribution in [0.2, 0.25) is 0 Å². The molecule has 4 heterocycles. The first-order valence-electron chi connectivity index (χ1n) is 14.1. The second kappa shape index (κ2) is 11.0. The molecule has 2 aromatic carbocycles. The standard InChI is InChI=1S/C31H29BrF3N7O2/c1-16(2)11-21-14-36-42-26-15-40(29(43)20-7-10-25(32)24(13-20)31(33,34)35)17(3)12-23(26)30(44)41(28(21)42)22-8-5-19(6-9-22)27-37-18(4)38-39-27/h5-10,13-14,16-17H,11-12,15H2,1-4H3,(H,37,38,39)/t17-/m0/s1. The molecule has 13 heteroatoms. The van der Waals surface area contributed by atoms with Gasteiger partial charge in [-0.15, -0.1) is 10.2 Å². The van der Waals surface area contributed by atoms with E-state index in [1.54, 1.807) is 22.2 Å². The van der Waals surface area contributed by atoms with E-state index in [1.807, 2.05) is 31.2 Å². The molecular formula is C31H29BrF3N7O2. The zero-order valence-corrected chi connectivity index (χ0v) is 26.0. The van der Waals surface area contributed by atoms with E-state index >= 15 is 0 Å². The summed E-state index contributed by atoms with van der Waals surface area (Å²) in [5.41, 5.74) is 2.76. The molecule has 0 fully saturated rings. The smallest absolute Gasteiger partial charge is 0.330 e. The van der Waals surface area contributed by atoms with Crippen LogP contribution < -0.4 is 5.56 Å². The van der Waals surface area contributed by atoms with E-state index in [0.29, 0.717) is 40.7 Å². The molecule has 0 radical (unpaired) electrons. The number of H-pyrrole nitrogens is 1. The summed E-state index contributed by atoms with van der Waals surface area (Å²) in [5.74, 6) is 1.04. The Kier molecular flexibility index (Phi) is 7.47. The highest BCUT2D eigenvalue weighted by atomic mass is 79.9. The summed E-state index contributed by atoms with van der Waals surface area (Å²) < 4.78 is 44.0. The van der Waals surface area contributed by atoms with Crippen molar-refractivity contribution < 1.29 is 18.0 Å². The number of alkyl halides is 3. The summed E-state index contributed by atoms with van der Waals surface area (Å²) in [7, 11) is 0. The Bertz CT molecular complexity index is 1960. The van der Waals surface area contributed by atoms with Crippen molar-refractivity contribution in [2.24, 2.45) is 5.92 Å². The molecule has 228 valence electrons. The zero-order valence-electron chi connectivity index (χ0n) is 24.4. The minimum absolute atomic E-state index is 0.0198. The lowest BCUT2D eigenvalue weighted by Crippen LogP contribution is -2.46. The lowest BCUT2D eigenvalue weighted by Gasteiger charge is -2.35. The Labute approximate surface area is 258 Å². The normalized spacial score (nSPS) is 15.3. The molecular weight excluding hydrogens is 639 g/mol. The predicted octanol–water partition coefficient (Wildman–Crippen LogP) is 6.15. The number of hydrogen-bond acceptors (Lipinski definition) is 5. The van der Waals surface area contributed by atoms with Gasteiger partial charge < -0.3 is 9.88 Å². The number of aromatic amines is 1. The number of halogens is 4. The first-order valence-corrected chi connectivity index (χ1v) is 14.9. The molecule has 0 saturated heterocycles. The molecule has 1 atom stereocenters. The number of nitrogens with zero attached hydrogens (tertiary/aromatic N) is 6. The highest BCUT2D eigenvalue weighted by molar-refractivity contribution is 9.10. The van der Waals surface area contributed by atoms with Crippen molar-refractivity contribution >= 4 is 27.5 Å². The fraction of sp³-hybridized carbons (Fsp3) is 0.323. The third kappa shape index (κ3) is 5.23. The maximum Gasteiger partial charge on any atom is 0.417 e. The molecule has 0 bridgehead atoms. The van der Waals surface area contributed by atoms with Crippen LogP contribution >= 0.6 is 15.9 Å². The molecule has 9 nitrogen and oxygen atoms in total. The van der Waals surface area contributed by atoms with E-state index in [0.717, 1.165) is 17.2 Å². The first kappa shape index (κ1) is 29.8. The first-order chi connectivity index (χ1) is 20.8. The van der Waals surface area contributed by atoms with E-state index in [2.05, 4.69) is 50.1 Å².